The summed E-state index contributed by atoms with van der Waals surface area (Å²) in [5.41, 5.74) is 5.73. The predicted molar refractivity (Wildman–Crippen MR) is 130 cm³/mol. The molecule has 3 aromatic carbocycles. The molecule has 0 unspecified atom stereocenters. The van der Waals surface area contributed by atoms with E-state index in [9.17, 15) is 8.78 Å². The van der Waals surface area contributed by atoms with Gasteiger partial charge >= 0.3 is 0 Å². The van der Waals surface area contributed by atoms with Crippen LogP contribution in [0.3, 0.4) is 0 Å². The van der Waals surface area contributed by atoms with E-state index in [1.54, 1.807) is 0 Å². The van der Waals surface area contributed by atoms with Crippen molar-refractivity contribution in [3.05, 3.63) is 107 Å². The Hall–Kier alpha value is -2.98. The highest BCUT2D eigenvalue weighted by molar-refractivity contribution is 5.82. The maximum absolute atomic E-state index is 13.5. The van der Waals surface area contributed by atoms with E-state index in [4.69, 9.17) is 4.74 Å². The van der Waals surface area contributed by atoms with Crippen molar-refractivity contribution in [3.63, 3.8) is 0 Å². The first-order chi connectivity index (χ1) is 16.1. The van der Waals surface area contributed by atoms with Gasteiger partial charge < -0.3 is 9.64 Å². The number of benzene rings is 3. The van der Waals surface area contributed by atoms with Gasteiger partial charge in [0.15, 0.2) is 0 Å². The van der Waals surface area contributed by atoms with E-state index >= 15 is 0 Å². The maximum atomic E-state index is 13.5. The van der Waals surface area contributed by atoms with Crippen LogP contribution in [0.5, 0.6) is 5.75 Å². The van der Waals surface area contributed by atoms with Gasteiger partial charge in [-0.1, -0.05) is 48.9 Å². The second-order valence-electron chi connectivity index (χ2n) is 8.53. The molecule has 0 atom stereocenters. The number of hydrogen-bond donors (Lipinski definition) is 0. The summed E-state index contributed by atoms with van der Waals surface area (Å²) in [4.78, 5) is 2.47. The summed E-state index contributed by atoms with van der Waals surface area (Å²) in [5, 5.41) is 0. The Kier molecular flexibility index (Phi) is 7.90. The fourth-order valence-electron chi connectivity index (χ4n) is 4.40. The van der Waals surface area contributed by atoms with Gasteiger partial charge in [0.05, 0.1) is 6.61 Å². The van der Waals surface area contributed by atoms with Crippen molar-refractivity contribution in [1.29, 1.82) is 0 Å². The van der Waals surface area contributed by atoms with E-state index in [1.165, 1.54) is 35.4 Å². The molecule has 4 rings (SSSR count). The lowest BCUT2D eigenvalue weighted by Gasteiger charge is -2.30. The van der Waals surface area contributed by atoms with Crippen LogP contribution >= 0.6 is 0 Å². The van der Waals surface area contributed by atoms with Crippen LogP contribution in [-0.2, 0) is 6.42 Å². The SMILES string of the molecule is CCc1ccc(OCCCN2CCC(=C(c3ccc(F)cc3)c3ccc(F)cc3)CC2)cc1. The molecule has 33 heavy (non-hydrogen) atoms. The minimum Gasteiger partial charge on any atom is -0.494 e. The van der Waals surface area contributed by atoms with Crippen LogP contribution in [0.4, 0.5) is 8.78 Å². The fourth-order valence-corrected chi connectivity index (χ4v) is 4.40. The Balaban J connectivity index is 1.36. The van der Waals surface area contributed by atoms with Crippen molar-refractivity contribution in [2.45, 2.75) is 32.6 Å². The standard InChI is InChI=1S/C29H31F2NO/c1-2-22-4-14-28(15-5-22)33-21-3-18-32-19-16-25(17-20-32)29(23-6-10-26(30)11-7-23)24-8-12-27(31)13-9-24/h4-15H,2-3,16-21H2,1H3. The van der Waals surface area contributed by atoms with Gasteiger partial charge in [0, 0.05) is 19.6 Å². The topological polar surface area (TPSA) is 12.5 Å². The Morgan fingerprint density at radius 2 is 1.33 bits per heavy atom. The number of ether oxygens (including phenoxy) is 1. The molecule has 1 fully saturated rings. The van der Waals surface area contributed by atoms with E-state index in [0.717, 1.165) is 67.8 Å². The first kappa shape index (κ1) is 23.2. The highest BCUT2D eigenvalue weighted by Gasteiger charge is 2.19. The molecular weight excluding hydrogens is 416 g/mol. The van der Waals surface area contributed by atoms with Crippen molar-refractivity contribution in [2.75, 3.05) is 26.2 Å². The summed E-state index contributed by atoms with van der Waals surface area (Å²) in [6.45, 7) is 5.82. The molecule has 3 aromatic rings. The molecule has 2 nitrogen and oxygen atoms in total. The van der Waals surface area contributed by atoms with E-state index in [-0.39, 0.29) is 11.6 Å². The minimum atomic E-state index is -0.249. The lowest BCUT2D eigenvalue weighted by Crippen LogP contribution is -2.32. The normalized spacial score (nSPS) is 14.3. The number of halogens is 2. The first-order valence-electron chi connectivity index (χ1n) is 11.8. The molecule has 0 amide bonds. The van der Waals surface area contributed by atoms with Crippen LogP contribution in [0.1, 0.15) is 42.9 Å². The average molecular weight is 448 g/mol. The summed E-state index contributed by atoms with van der Waals surface area (Å²) < 4.78 is 32.9. The summed E-state index contributed by atoms with van der Waals surface area (Å²) in [6, 6.07) is 21.6. The molecule has 4 heteroatoms. The number of likely N-dealkylation sites (tertiary alicyclic amines) is 1. The summed E-state index contributed by atoms with van der Waals surface area (Å²) in [6.07, 6.45) is 3.92. The molecule has 0 N–H and O–H groups in total. The highest BCUT2D eigenvalue weighted by Crippen LogP contribution is 2.32. The maximum Gasteiger partial charge on any atom is 0.123 e. The number of rotatable bonds is 8. The van der Waals surface area contributed by atoms with Gasteiger partial charge in [0.25, 0.3) is 0 Å². The smallest absolute Gasteiger partial charge is 0.123 e. The highest BCUT2D eigenvalue weighted by atomic mass is 19.1. The van der Waals surface area contributed by atoms with Crippen molar-refractivity contribution < 1.29 is 13.5 Å². The first-order valence-corrected chi connectivity index (χ1v) is 11.8. The van der Waals surface area contributed by atoms with E-state index < -0.39 is 0 Å². The van der Waals surface area contributed by atoms with E-state index in [0.29, 0.717) is 6.61 Å². The van der Waals surface area contributed by atoms with Crippen LogP contribution in [0.2, 0.25) is 0 Å². The molecule has 1 aliphatic heterocycles. The van der Waals surface area contributed by atoms with Gasteiger partial charge in [-0.25, -0.2) is 8.78 Å². The van der Waals surface area contributed by atoms with E-state index in [1.807, 2.05) is 36.4 Å². The van der Waals surface area contributed by atoms with Crippen molar-refractivity contribution in [3.8, 4) is 5.75 Å². The molecule has 1 aliphatic rings. The number of aryl methyl sites for hydroxylation is 1. The molecule has 0 spiro atoms. The average Bonchev–Trinajstić information content (AvgIpc) is 2.85. The molecule has 0 radical (unpaired) electrons. The lowest BCUT2D eigenvalue weighted by atomic mass is 9.88. The predicted octanol–water partition coefficient (Wildman–Crippen LogP) is 6.89. The van der Waals surface area contributed by atoms with Gasteiger partial charge in [0.2, 0.25) is 0 Å². The third-order valence-corrected chi connectivity index (χ3v) is 6.30. The summed E-state index contributed by atoms with van der Waals surface area (Å²) in [7, 11) is 0. The molecule has 0 aliphatic carbocycles. The second kappa shape index (κ2) is 11.2. The Morgan fingerprint density at radius 3 is 1.85 bits per heavy atom. The zero-order valence-electron chi connectivity index (χ0n) is 19.2. The van der Waals surface area contributed by atoms with Crippen LogP contribution in [0.15, 0.2) is 78.4 Å². The van der Waals surface area contributed by atoms with Gasteiger partial charge in [-0.3, -0.25) is 0 Å². The van der Waals surface area contributed by atoms with Crippen molar-refractivity contribution in [2.24, 2.45) is 0 Å². The molecule has 0 saturated carbocycles. The second-order valence-corrected chi connectivity index (χ2v) is 8.53. The van der Waals surface area contributed by atoms with E-state index in [2.05, 4.69) is 24.0 Å². The third kappa shape index (κ3) is 6.29. The molecular formula is C29H31F2NO. The zero-order chi connectivity index (χ0) is 23.0. The summed E-state index contributed by atoms with van der Waals surface area (Å²) in [5.74, 6) is 0.431. The van der Waals surface area contributed by atoms with Gasteiger partial charge in [-0.05, 0) is 84.3 Å². The molecule has 1 saturated heterocycles. The van der Waals surface area contributed by atoms with Crippen LogP contribution in [-0.4, -0.2) is 31.1 Å². The van der Waals surface area contributed by atoms with Gasteiger partial charge in [0.1, 0.15) is 17.4 Å². The third-order valence-electron chi connectivity index (χ3n) is 6.30. The minimum absolute atomic E-state index is 0.249. The lowest BCUT2D eigenvalue weighted by molar-refractivity contribution is 0.223. The van der Waals surface area contributed by atoms with Gasteiger partial charge in [-0.2, -0.15) is 0 Å². The molecule has 1 heterocycles. The number of piperidine rings is 1. The van der Waals surface area contributed by atoms with Crippen LogP contribution in [0.25, 0.3) is 5.57 Å². The zero-order valence-corrected chi connectivity index (χ0v) is 19.2. The molecule has 0 aromatic heterocycles. The van der Waals surface area contributed by atoms with Crippen molar-refractivity contribution >= 4 is 5.57 Å². The van der Waals surface area contributed by atoms with Crippen molar-refractivity contribution in [1.82, 2.24) is 4.90 Å². The Morgan fingerprint density at radius 1 is 0.788 bits per heavy atom. The molecule has 172 valence electrons. The van der Waals surface area contributed by atoms with Crippen LogP contribution in [0, 0.1) is 11.6 Å². The molecule has 0 bridgehead atoms. The quantitative estimate of drug-likeness (QED) is 0.349. The van der Waals surface area contributed by atoms with Gasteiger partial charge in [-0.15, -0.1) is 0 Å². The fraction of sp³-hybridized carbons (Fsp3) is 0.310. The summed E-state index contributed by atoms with van der Waals surface area (Å²) >= 11 is 0. The largest absolute Gasteiger partial charge is 0.494 e. The van der Waals surface area contributed by atoms with Crippen LogP contribution < -0.4 is 4.74 Å². The number of nitrogens with zero attached hydrogens (tertiary/aromatic N) is 1. The monoisotopic (exact) mass is 447 g/mol. The Labute approximate surface area is 195 Å². The Bertz CT molecular complexity index is 999. The number of hydrogen-bond acceptors (Lipinski definition) is 2.